The zero-order valence-corrected chi connectivity index (χ0v) is 21.6. The van der Waals surface area contributed by atoms with Gasteiger partial charge in [-0.05, 0) is 45.0 Å². The predicted octanol–water partition coefficient (Wildman–Crippen LogP) is 3.56. The fourth-order valence-corrected chi connectivity index (χ4v) is 4.44. The van der Waals surface area contributed by atoms with E-state index < -0.39 is 0 Å². The largest absolute Gasteiger partial charge is 1.00 e. The number of methoxy groups -OCH3 is 3. The summed E-state index contributed by atoms with van der Waals surface area (Å²) < 4.78 is 28.4. The van der Waals surface area contributed by atoms with Crippen LogP contribution in [-0.4, -0.2) is 26.9 Å². The van der Waals surface area contributed by atoms with Crippen LogP contribution in [-0.2, 0) is 0 Å². The Bertz CT molecular complexity index is 1280. The van der Waals surface area contributed by atoms with Crippen LogP contribution in [0.15, 0.2) is 91.0 Å². The summed E-state index contributed by atoms with van der Waals surface area (Å²) in [5.74, 6) is 3.79. The van der Waals surface area contributed by atoms with Crippen LogP contribution < -0.4 is 47.8 Å². The molecule has 0 saturated heterocycles. The molecule has 36 heavy (non-hydrogen) atoms. The third-order valence-electron chi connectivity index (χ3n) is 5.09. The number of carbonyl (C=O) groups excluding carboxylic acids is 1. The molecule has 0 aliphatic rings. The minimum atomic E-state index is -0.253. The molecule has 0 amide bonds. The van der Waals surface area contributed by atoms with Crippen molar-refractivity contribution in [2.24, 2.45) is 0 Å². The number of hydrogen-bond acceptors (Lipinski definition) is 6. The van der Waals surface area contributed by atoms with E-state index in [4.69, 9.17) is 23.7 Å². The number of ether oxygens (including phenoxy) is 5. The van der Waals surface area contributed by atoms with Gasteiger partial charge in [0.1, 0.15) is 45.8 Å². The topological polar surface area (TPSA) is 63.2 Å². The van der Waals surface area contributed by atoms with Crippen molar-refractivity contribution < 1.29 is 48.8 Å². The van der Waals surface area contributed by atoms with E-state index in [1.165, 1.54) is 14.2 Å². The maximum Gasteiger partial charge on any atom is 1.00 e. The van der Waals surface area contributed by atoms with E-state index in [-0.39, 0.29) is 34.4 Å². The van der Waals surface area contributed by atoms with E-state index >= 15 is 0 Å². The molecule has 0 fully saturated rings. The van der Waals surface area contributed by atoms with Crippen molar-refractivity contribution in [3.63, 3.8) is 0 Å². The van der Waals surface area contributed by atoms with E-state index in [2.05, 4.69) is 0 Å². The molecule has 4 aromatic carbocycles. The summed E-state index contributed by atoms with van der Waals surface area (Å²) in [4.78, 5) is 13.5. The minimum absolute atomic E-state index is 0. The average molecular weight is 496 g/mol. The molecule has 0 bridgehead atoms. The molecular weight excluding hydrogens is 470 g/mol. The van der Waals surface area contributed by atoms with Gasteiger partial charge in [0.25, 0.3) is 0 Å². The predicted molar refractivity (Wildman–Crippen MR) is 139 cm³/mol. The molecule has 0 heterocycles. The molecule has 0 aliphatic heterocycles. The first-order chi connectivity index (χ1) is 17.1. The van der Waals surface area contributed by atoms with Gasteiger partial charge in [0.05, 0.1) is 21.3 Å². The zero-order valence-electron chi connectivity index (χ0n) is 21.6. The van der Waals surface area contributed by atoms with Gasteiger partial charge in [-0.15, -0.1) is 0 Å². The van der Waals surface area contributed by atoms with E-state index in [1.54, 1.807) is 25.3 Å². The van der Waals surface area contributed by atoms with Gasteiger partial charge in [0.2, 0.25) is 0 Å². The minimum Gasteiger partial charge on any atom is -1.00 e. The number of para-hydroxylation sites is 2. The maximum absolute atomic E-state index is 13.5. The van der Waals surface area contributed by atoms with Crippen LogP contribution in [0.3, 0.4) is 0 Å². The van der Waals surface area contributed by atoms with Crippen LogP contribution in [0, 0.1) is 0 Å². The number of hydrogen-bond donors (Lipinski definition) is 0. The van der Waals surface area contributed by atoms with Gasteiger partial charge in [-0.1, -0.05) is 36.4 Å². The first kappa shape index (κ1) is 27.2. The SMILES string of the molecule is COc1cc(OC)c(C(=O)Pc2ccc(Oc3ccccc3)cc2Oc2ccccc2)c(OC)c1.[H-].[Li+]. The Morgan fingerprint density at radius 1 is 0.611 bits per heavy atom. The summed E-state index contributed by atoms with van der Waals surface area (Å²) in [5, 5.41) is 0.721. The molecule has 4 aromatic rings. The molecule has 6 nitrogen and oxygen atoms in total. The smallest absolute Gasteiger partial charge is 1.00 e. The second-order valence-electron chi connectivity index (χ2n) is 7.35. The second kappa shape index (κ2) is 13.0. The Kier molecular flexibility index (Phi) is 9.84. The Hall–Kier alpha value is -3.42. The van der Waals surface area contributed by atoms with Gasteiger partial charge in [-0.3, -0.25) is 4.79 Å². The monoisotopic (exact) mass is 496 g/mol. The summed E-state index contributed by atoms with van der Waals surface area (Å²) in [7, 11) is 4.31. The van der Waals surface area contributed by atoms with Crippen molar-refractivity contribution in [2.45, 2.75) is 0 Å². The summed E-state index contributed by atoms with van der Waals surface area (Å²) in [5.41, 5.74) is 0.195. The molecule has 1 atom stereocenters. The normalized spacial score (nSPS) is 10.4. The third kappa shape index (κ3) is 6.62. The van der Waals surface area contributed by atoms with Crippen molar-refractivity contribution in [3.05, 3.63) is 96.6 Å². The zero-order chi connectivity index (χ0) is 24.6. The summed E-state index contributed by atoms with van der Waals surface area (Å²) in [6, 6.07) is 27.7. The summed E-state index contributed by atoms with van der Waals surface area (Å²) >= 11 is 0. The Morgan fingerprint density at radius 3 is 1.67 bits per heavy atom. The van der Waals surface area contributed by atoms with Crippen LogP contribution in [0.1, 0.15) is 11.8 Å². The van der Waals surface area contributed by atoms with E-state index in [0.29, 0.717) is 45.8 Å². The first-order valence-corrected chi connectivity index (χ1v) is 11.8. The van der Waals surface area contributed by atoms with Gasteiger partial charge in [0, 0.05) is 23.5 Å². The van der Waals surface area contributed by atoms with E-state index in [1.807, 2.05) is 72.8 Å². The standard InChI is InChI=1S/C28H25O6P.Li.H/c1-30-22-17-24(31-2)27(25(18-22)32-3)28(29)35-26-15-14-21(33-19-10-6-4-7-11-19)16-23(26)34-20-12-8-5-9-13-20;;/h4-18,35H,1-3H3;;/q;+1;-1. The molecule has 180 valence electrons. The molecule has 0 radical (unpaired) electrons. The fourth-order valence-electron chi connectivity index (χ4n) is 3.41. The van der Waals surface area contributed by atoms with Gasteiger partial charge < -0.3 is 25.1 Å². The van der Waals surface area contributed by atoms with Crippen molar-refractivity contribution in [1.82, 2.24) is 0 Å². The van der Waals surface area contributed by atoms with Crippen LogP contribution in [0.2, 0.25) is 0 Å². The van der Waals surface area contributed by atoms with Gasteiger partial charge in [0.15, 0.2) is 5.52 Å². The van der Waals surface area contributed by atoms with E-state index in [0.717, 1.165) is 5.30 Å². The van der Waals surface area contributed by atoms with E-state index in [9.17, 15) is 4.79 Å². The third-order valence-corrected chi connectivity index (χ3v) is 6.25. The molecular formula is C28H26LiO6P. The Labute approximate surface area is 225 Å². The maximum atomic E-state index is 13.5. The number of carbonyl (C=O) groups is 1. The summed E-state index contributed by atoms with van der Waals surface area (Å²) in [6.45, 7) is 0. The Balaban J connectivity index is 0.00000241. The van der Waals surface area contributed by atoms with Crippen molar-refractivity contribution in [1.29, 1.82) is 0 Å². The number of rotatable bonds is 10. The van der Waals surface area contributed by atoms with Crippen LogP contribution in [0.4, 0.5) is 0 Å². The van der Waals surface area contributed by atoms with Crippen molar-refractivity contribution in [2.75, 3.05) is 21.3 Å². The molecule has 4 rings (SSSR count). The average Bonchev–Trinajstić information content (AvgIpc) is 2.90. The second-order valence-corrected chi connectivity index (χ2v) is 8.59. The Morgan fingerprint density at radius 2 is 1.14 bits per heavy atom. The van der Waals surface area contributed by atoms with Crippen LogP contribution in [0.25, 0.3) is 0 Å². The molecule has 0 saturated carbocycles. The van der Waals surface area contributed by atoms with Crippen LogP contribution in [0.5, 0.6) is 40.2 Å². The molecule has 8 heteroatoms. The van der Waals surface area contributed by atoms with Gasteiger partial charge >= 0.3 is 18.9 Å². The first-order valence-electron chi connectivity index (χ1n) is 10.8. The molecule has 0 aliphatic carbocycles. The molecule has 1 unspecified atom stereocenters. The van der Waals surface area contributed by atoms with Crippen LogP contribution >= 0.6 is 8.58 Å². The van der Waals surface area contributed by atoms with Gasteiger partial charge in [-0.2, -0.15) is 0 Å². The fraction of sp³-hybridized carbons (Fsp3) is 0.107. The van der Waals surface area contributed by atoms with Crippen molar-refractivity contribution >= 4 is 19.4 Å². The molecule has 0 N–H and O–H groups in total. The summed E-state index contributed by atoms with van der Waals surface area (Å²) in [6.07, 6.45) is 0. The number of benzene rings is 4. The van der Waals surface area contributed by atoms with Gasteiger partial charge in [-0.25, -0.2) is 0 Å². The van der Waals surface area contributed by atoms with Crippen molar-refractivity contribution in [3.8, 4) is 40.2 Å². The molecule has 0 spiro atoms. The molecule has 0 aromatic heterocycles. The quantitative estimate of drug-likeness (QED) is 0.247.